The van der Waals surface area contributed by atoms with Crippen LogP contribution in [0.4, 0.5) is 0 Å². The van der Waals surface area contributed by atoms with Crippen molar-refractivity contribution >= 4 is 5.91 Å². The van der Waals surface area contributed by atoms with Gasteiger partial charge in [-0.2, -0.15) is 0 Å². The topological polar surface area (TPSA) is 102 Å². The normalized spacial score (nSPS) is 38.0. The molecule has 1 heterocycles. The number of carbonyl (C=O) groups is 1. The second kappa shape index (κ2) is 4.70. The third-order valence-electron chi connectivity index (χ3n) is 2.32. The van der Waals surface area contributed by atoms with E-state index in [0.717, 1.165) is 0 Å². The van der Waals surface area contributed by atoms with Crippen LogP contribution in [0.15, 0.2) is 0 Å². The molecular formula is C8H16N2O4. The minimum Gasteiger partial charge on any atom is -0.389 e. The molecule has 0 aromatic heterocycles. The van der Waals surface area contributed by atoms with E-state index in [-0.39, 0.29) is 19.0 Å². The van der Waals surface area contributed by atoms with Gasteiger partial charge in [0.25, 0.3) is 0 Å². The first kappa shape index (κ1) is 11.4. The van der Waals surface area contributed by atoms with Crippen LogP contribution in [0.2, 0.25) is 0 Å². The second-order valence-corrected chi connectivity index (χ2v) is 3.50. The van der Waals surface area contributed by atoms with Crippen molar-refractivity contribution in [1.29, 1.82) is 0 Å². The van der Waals surface area contributed by atoms with Crippen LogP contribution in [0.25, 0.3) is 0 Å². The monoisotopic (exact) mass is 204 g/mol. The number of hydrogen-bond acceptors (Lipinski definition) is 5. The maximum atomic E-state index is 10.6. The van der Waals surface area contributed by atoms with E-state index in [2.05, 4.69) is 10.6 Å². The highest BCUT2D eigenvalue weighted by Gasteiger charge is 2.35. The molecule has 82 valence electrons. The smallest absolute Gasteiger partial charge is 0.216 e. The van der Waals surface area contributed by atoms with Crippen LogP contribution in [0.5, 0.6) is 0 Å². The molecule has 1 fully saturated rings. The fourth-order valence-corrected chi connectivity index (χ4v) is 1.43. The van der Waals surface area contributed by atoms with Crippen LogP contribution in [-0.4, -0.2) is 58.7 Å². The average molecular weight is 204 g/mol. The minimum atomic E-state index is -1.16. The van der Waals surface area contributed by atoms with Gasteiger partial charge in [0.15, 0.2) is 0 Å². The fourth-order valence-electron chi connectivity index (χ4n) is 1.43. The number of hydrogen-bond donors (Lipinski definition) is 5. The van der Waals surface area contributed by atoms with Gasteiger partial charge in [-0.15, -0.1) is 0 Å². The van der Waals surface area contributed by atoms with Crippen molar-refractivity contribution in [2.45, 2.75) is 31.3 Å². The molecule has 1 aliphatic rings. The summed E-state index contributed by atoms with van der Waals surface area (Å²) in [5.74, 6) is -0.195. The van der Waals surface area contributed by atoms with Crippen LogP contribution in [0.3, 0.4) is 0 Å². The lowest BCUT2D eigenvalue weighted by atomic mass is 9.96. The molecule has 0 radical (unpaired) electrons. The summed E-state index contributed by atoms with van der Waals surface area (Å²) in [4.78, 5) is 10.6. The third-order valence-corrected chi connectivity index (χ3v) is 2.32. The summed E-state index contributed by atoms with van der Waals surface area (Å²) < 4.78 is 0. The Morgan fingerprint density at radius 3 is 2.64 bits per heavy atom. The Morgan fingerprint density at radius 1 is 1.43 bits per heavy atom. The summed E-state index contributed by atoms with van der Waals surface area (Å²) in [5.41, 5.74) is 0. The van der Waals surface area contributed by atoms with Gasteiger partial charge in [0.05, 0.1) is 18.2 Å². The van der Waals surface area contributed by atoms with Crippen molar-refractivity contribution < 1.29 is 20.1 Å². The van der Waals surface area contributed by atoms with Crippen molar-refractivity contribution in [3.05, 3.63) is 0 Å². The molecule has 0 bridgehead atoms. The lowest BCUT2D eigenvalue weighted by molar-refractivity contribution is -0.120. The van der Waals surface area contributed by atoms with Gasteiger partial charge in [-0.1, -0.05) is 0 Å². The molecule has 0 saturated carbocycles. The van der Waals surface area contributed by atoms with Gasteiger partial charge in [-0.3, -0.25) is 4.79 Å². The Hall–Kier alpha value is -0.690. The lowest BCUT2D eigenvalue weighted by Gasteiger charge is -2.36. The van der Waals surface area contributed by atoms with E-state index in [4.69, 9.17) is 0 Å². The summed E-state index contributed by atoms with van der Waals surface area (Å²) in [6.45, 7) is 1.82. The molecule has 5 N–H and O–H groups in total. The van der Waals surface area contributed by atoms with Crippen LogP contribution >= 0.6 is 0 Å². The number of nitrogens with one attached hydrogen (secondary N) is 2. The standard InChI is InChI=1S/C8H16N2O4/c1-4(11)9-2-5-7(13)8(14)6(12)3-10-5/h5-8,10,12-14H,2-3H2,1H3,(H,9,11). The number of carbonyl (C=O) groups excluding carboxylic acids is 1. The largest absolute Gasteiger partial charge is 0.389 e. The summed E-state index contributed by atoms with van der Waals surface area (Å²) in [5, 5.41) is 33.4. The molecule has 6 heteroatoms. The van der Waals surface area contributed by atoms with Gasteiger partial charge >= 0.3 is 0 Å². The molecule has 4 atom stereocenters. The van der Waals surface area contributed by atoms with Crippen LogP contribution in [0.1, 0.15) is 6.92 Å². The van der Waals surface area contributed by atoms with Crippen LogP contribution in [-0.2, 0) is 4.79 Å². The van der Waals surface area contributed by atoms with E-state index in [0.29, 0.717) is 0 Å². The number of β-amino-alcohol motifs (C(OH)–C–C–N with tert-alkyl or cyclic N) is 1. The zero-order valence-electron chi connectivity index (χ0n) is 7.97. The maximum Gasteiger partial charge on any atom is 0.216 e. The highest BCUT2D eigenvalue weighted by Crippen LogP contribution is 2.09. The Kier molecular flexibility index (Phi) is 3.82. The molecule has 4 unspecified atom stereocenters. The van der Waals surface area contributed by atoms with Crippen LogP contribution < -0.4 is 10.6 Å². The summed E-state index contributed by atoms with van der Waals surface area (Å²) >= 11 is 0. The fraction of sp³-hybridized carbons (Fsp3) is 0.875. The van der Waals surface area contributed by atoms with Crippen molar-refractivity contribution in [3.8, 4) is 0 Å². The van der Waals surface area contributed by atoms with E-state index >= 15 is 0 Å². The summed E-state index contributed by atoms with van der Waals surface area (Å²) in [6, 6.07) is -0.419. The molecule has 14 heavy (non-hydrogen) atoms. The molecule has 6 nitrogen and oxygen atoms in total. The first-order chi connectivity index (χ1) is 6.52. The number of amides is 1. The summed E-state index contributed by atoms with van der Waals surface area (Å²) in [6.07, 6.45) is -3.18. The van der Waals surface area contributed by atoms with E-state index in [9.17, 15) is 20.1 Å². The second-order valence-electron chi connectivity index (χ2n) is 3.50. The molecular weight excluding hydrogens is 188 g/mol. The van der Waals surface area contributed by atoms with Crippen molar-refractivity contribution in [3.63, 3.8) is 0 Å². The molecule has 0 aliphatic carbocycles. The van der Waals surface area contributed by atoms with Gasteiger partial charge < -0.3 is 26.0 Å². The molecule has 1 aliphatic heterocycles. The molecule has 0 aromatic carbocycles. The van der Waals surface area contributed by atoms with Gasteiger partial charge in [0.2, 0.25) is 5.91 Å². The molecule has 1 saturated heterocycles. The van der Waals surface area contributed by atoms with Crippen molar-refractivity contribution in [2.75, 3.05) is 13.1 Å². The Bertz CT molecular complexity index is 212. The van der Waals surface area contributed by atoms with E-state index in [1.165, 1.54) is 6.92 Å². The Morgan fingerprint density at radius 2 is 2.07 bits per heavy atom. The van der Waals surface area contributed by atoms with Gasteiger partial charge in [0.1, 0.15) is 6.10 Å². The Labute approximate surface area is 81.9 Å². The number of rotatable bonds is 2. The Balaban J connectivity index is 2.42. The average Bonchev–Trinajstić information content (AvgIpc) is 2.13. The SMILES string of the molecule is CC(=O)NCC1NCC(O)C(O)C1O. The summed E-state index contributed by atoms with van der Waals surface area (Å²) in [7, 11) is 0. The number of aliphatic hydroxyl groups is 3. The van der Waals surface area contributed by atoms with Crippen LogP contribution in [0, 0.1) is 0 Å². The van der Waals surface area contributed by atoms with Crippen molar-refractivity contribution in [2.24, 2.45) is 0 Å². The third kappa shape index (κ3) is 2.65. The van der Waals surface area contributed by atoms with E-state index in [1.54, 1.807) is 0 Å². The first-order valence-corrected chi connectivity index (χ1v) is 4.54. The highest BCUT2D eigenvalue weighted by molar-refractivity contribution is 5.72. The molecule has 0 spiro atoms. The zero-order valence-corrected chi connectivity index (χ0v) is 7.97. The first-order valence-electron chi connectivity index (χ1n) is 4.54. The lowest BCUT2D eigenvalue weighted by Crippen LogP contribution is -2.62. The highest BCUT2D eigenvalue weighted by atomic mass is 16.4. The van der Waals surface area contributed by atoms with Gasteiger partial charge in [-0.05, 0) is 0 Å². The predicted octanol–water partition coefficient (Wildman–Crippen LogP) is -2.82. The minimum absolute atomic E-state index is 0.195. The number of aliphatic hydroxyl groups excluding tert-OH is 3. The molecule has 1 amide bonds. The van der Waals surface area contributed by atoms with Gasteiger partial charge in [0, 0.05) is 20.0 Å². The molecule has 1 rings (SSSR count). The maximum absolute atomic E-state index is 10.6. The van der Waals surface area contributed by atoms with Crippen molar-refractivity contribution in [1.82, 2.24) is 10.6 Å². The van der Waals surface area contributed by atoms with Gasteiger partial charge in [-0.25, -0.2) is 0 Å². The quantitative estimate of drug-likeness (QED) is 0.334. The number of piperidine rings is 1. The predicted molar refractivity (Wildman–Crippen MR) is 48.5 cm³/mol. The van der Waals surface area contributed by atoms with E-state index in [1.807, 2.05) is 0 Å². The van der Waals surface area contributed by atoms with E-state index < -0.39 is 24.4 Å². The zero-order chi connectivity index (χ0) is 10.7. The molecule has 0 aromatic rings.